The van der Waals surface area contributed by atoms with E-state index in [1.54, 1.807) is 18.2 Å². The molecule has 0 aliphatic carbocycles. The maximum atomic E-state index is 13.0. The molecule has 0 fully saturated rings. The second kappa shape index (κ2) is 6.28. The lowest BCUT2D eigenvalue weighted by Gasteiger charge is -2.14. The smallest absolute Gasteiger partial charge is 0.416 e. The third kappa shape index (κ3) is 3.92. The van der Waals surface area contributed by atoms with Crippen molar-refractivity contribution in [2.45, 2.75) is 18.4 Å². The van der Waals surface area contributed by atoms with E-state index in [-0.39, 0.29) is 16.6 Å². The molecule has 6 heteroatoms. The van der Waals surface area contributed by atoms with Gasteiger partial charge in [-0.2, -0.15) is 13.2 Å². The van der Waals surface area contributed by atoms with Gasteiger partial charge in [-0.1, -0.05) is 39.7 Å². The number of halogens is 5. The number of benzene rings is 2. The largest absolute Gasteiger partial charge is 0.456 e. The van der Waals surface area contributed by atoms with Crippen LogP contribution in [-0.2, 0) is 11.5 Å². The Morgan fingerprint density at radius 2 is 1.86 bits per heavy atom. The minimum atomic E-state index is -4.43. The molecule has 2 aromatic carbocycles. The molecular weight excluding hydrogens is 369 g/mol. The molecule has 0 aliphatic heterocycles. The van der Waals surface area contributed by atoms with Crippen LogP contribution in [0.15, 0.2) is 36.4 Å². The van der Waals surface area contributed by atoms with Crippen LogP contribution in [0.25, 0.3) is 0 Å². The van der Waals surface area contributed by atoms with E-state index < -0.39 is 11.7 Å². The number of ether oxygens (including phenoxy) is 1. The summed E-state index contributed by atoms with van der Waals surface area (Å²) in [6.45, 7) is 1.86. The first-order chi connectivity index (χ1) is 9.81. The van der Waals surface area contributed by atoms with E-state index in [1.807, 2.05) is 6.92 Å². The number of hydrogen-bond donors (Lipinski definition) is 0. The fourth-order valence-electron chi connectivity index (χ4n) is 1.82. The summed E-state index contributed by atoms with van der Waals surface area (Å²) in [6.07, 6.45) is -4.43. The van der Waals surface area contributed by atoms with E-state index in [0.717, 1.165) is 11.6 Å². The lowest BCUT2D eigenvalue weighted by molar-refractivity contribution is -0.138. The molecule has 0 aromatic heterocycles. The van der Waals surface area contributed by atoms with E-state index in [0.29, 0.717) is 10.8 Å². The minimum Gasteiger partial charge on any atom is -0.456 e. The lowest BCUT2D eigenvalue weighted by atomic mass is 10.1. The molecule has 2 rings (SSSR count). The second-order valence-corrected chi connectivity index (χ2v) is 5.45. The first-order valence-electron chi connectivity index (χ1n) is 6.01. The standard InChI is InChI=1S/C15H11BrClF3O/c1-9-2-5-14(13(17)6-9)21-11-4-3-10(8-16)12(7-11)15(18,19)20/h2-7H,8H2,1H3. The summed E-state index contributed by atoms with van der Waals surface area (Å²) >= 11 is 9.06. The van der Waals surface area contributed by atoms with Gasteiger partial charge in [-0.25, -0.2) is 0 Å². The Morgan fingerprint density at radius 3 is 2.43 bits per heavy atom. The fraction of sp³-hybridized carbons (Fsp3) is 0.200. The second-order valence-electron chi connectivity index (χ2n) is 4.49. The Kier molecular flexibility index (Phi) is 4.84. The molecule has 1 nitrogen and oxygen atoms in total. The van der Waals surface area contributed by atoms with E-state index in [9.17, 15) is 13.2 Å². The Hall–Kier alpha value is -1.20. The first kappa shape index (κ1) is 16.2. The summed E-state index contributed by atoms with van der Waals surface area (Å²) in [5.41, 5.74) is 0.378. The molecule has 0 saturated heterocycles. The monoisotopic (exact) mass is 378 g/mol. The van der Waals surface area contributed by atoms with Crippen molar-refractivity contribution in [3.05, 3.63) is 58.1 Å². The highest BCUT2D eigenvalue weighted by molar-refractivity contribution is 9.08. The Labute approximate surface area is 133 Å². The van der Waals surface area contributed by atoms with Crippen molar-refractivity contribution in [2.75, 3.05) is 0 Å². The average Bonchev–Trinajstić information content (AvgIpc) is 2.41. The number of rotatable bonds is 3. The van der Waals surface area contributed by atoms with E-state index in [4.69, 9.17) is 16.3 Å². The molecule has 0 N–H and O–H groups in total. The van der Waals surface area contributed by atoms with Crippen LogP contribution in [0.3, 0.4) is 0 Å². The predicted octanol–water partition coefficient (Wildman–Crippen LogP) is 6.35. The zero-order valence-electron chi connectivity index (χ0n) is 11.0. The molecule has 2 aromatic rings. The molecule has 0 radical (unpaired) electrons. The van der Waals surface area contributed by atoms with Gasteiger partial charge in [0.2, 0.25) is 0 Å². The van der Waals surface area contributed by atoms with Gasteiger partial charge in [-0.05, 0) is 42.3 Å². The quantitative estimate of drug-likeness (QED) is 0.564. The van der Waals surface area contributed by atoms with E-state index in [2.05, 4.69) is 15.9 Å². The van der Waals surface area contributed by atoms with Gasteiger partial charge in [-0.15, -0.1) is 0 Å². The summed E-state index contributed by atoms with van der Waals surface area (Å²) in [5.74, 6) is 0.416. The molecule has 0 bridgehead atoms. The van der Waals surface area contributed by atoms with Gasteiger partial charge in [0.1, 0.15) is 11.5 Å². The van der Waals surface area contributed by atoms with Crippen molar-refractivity contribution >= 4 is 27.5 Å². The van der Waals surface area contributed by atoms with Gasteiger partial charge in [0, 0.05) is 5.33 Å². The first-order valence-corrected chi connectivity index (χ1v) is 7.51. The molecular formula is C15H11BrClF3O. The highest BCUT2D eigenvalue weighted by Crippen LogP contribution is 2.37. The van der Waals surface area contributed by atoms with E-state index >= 15 is 0 Å². The molecule has 0 spiro atoms. The summed E-state index contributed by atoms with van der Waals surface area (Å²) in [7, 11) is 0. The van der Waals surface area contributed by atoms with Gasteiger partial charge in [0.05, 0.1) is 10.6 Å². The third-order valence-corrected chi connectivity index (χ3v) is 3.75. The number of aryl methyl sites for hydroxylation is 1. The van der Waals surface area contributed by atoms with Crippen molar-refractivity contribution in [1.29, 1.82) is 0 Å². The van der Waals surface area contributed by atoms with Gasteiger partial charge in [0.15, 0.2) is 0 Å². The Morgan fingerprint density at radius 1 is 1.14 bits per heavy atom. The van der Waals surface area contributed by atoms with Crippen molar-refractivity contribution in [3.8, 4) is 11.5 Å². The molecule has 0 aliphatic rings. The van der Waals surface area contributed by atoms with Gasteiger partial charge in [-0.3, -0.25) is 0 Å². The van der Waals surface area contributed by atoms with Crippen LogP contribution >= 0.6 is 27.5 Å². The van der Waals surface area contributed by atoms with Gasteiger partial charge >= 0.3 is 6.18 Å². The summed E-state index contributed by atoms with van der Waals surface area (Å²) in [6, 6.07) is 8.94. The van der Waals surface area contributed by atoms with Crippen LogP contribution in [0, 0.1) is 6.92 Å². The molecule has 0 unspecified atom stereocenters. The lowest BCUT2D eigenvalue weighted by Crippen LogP contribution is -2.08. The summed E-state index contributed by atoms with van der Waals surface area (Å²) < 4.78 is 44.4. The predicted molar refractivity (Wildman–Crippen MR) is 80.3 cm³/mol. The molecule has 0 heterocycles. The normalized spacial score (nSPS) is 11.5. The van der Waals surface area contributed by atoms with Crippen molar-refractivity contribution in [1.82, 2.24) is 0 Å². The Balaban J connectivity index is 2.37. The molecule has 0 atom stereocenters. The topological polar surface area (TPSA) is 9.23 Å². The van der Waals surface area contributed by atoms with Crippen LogP contribution in [0.4, 0.5) is 13.2 Å². The third-order valence-electron chi connectivity index (χ3n) is 2.85. The van der Waals surface area contributed by atoms with Gasteiger partial charge < -0.3 is 4.74 Å². The molecule has 112 valence electrons. The molecule has 0 amide bonds. The van der Waals surface area contributed by atoms with Crippen molar-refractivity contribution < 1.29 is 17.9 Å². The average molecular weight is 380 g/mol. The van der Waals surface area contributed by atoms with Gasteiger partial charge in [0.25, 0.3) is 0 Å². The zero-order valence-corrected chi connectivity index (χ0v) is 13.3. The van der Waals surface area contributed by atoms with Crippen LogP contribution in [0.2, 0.25) is 5.02 Å². The fourth-order valence-corrected chi connectivity index (χ4v) is 2.58. The van der Waals surface area contributed by atoms with E-state index in [1.165, 1.54) is 12.1 Å². The zero-order chi connectivity index (χ0) is 15.6. The SMILES string of the molecule is Cc1ccc(Oc2ccc(CBr)c(C(F)(F)F)c2)c(Cl)c1. The van der Waals surface area contributed by atoms with Crippen molar-refractivity contribution in [3.63, 3.8) is 0 Å². The maximum absolute atomic E-state index is 13.0. The van der Waals surface area contributed by atoms with Crippen LogP contribution < -0.4 is 4.74 Å². The maximum Gasteiger partial charge on any atom is 0.416 e. The molecule has 21 heavy (non-hydrogen) atoms. The number of alkyl halides is 4. The highest BCUT2D eigenvalue weighted by atomic mass is 79.9. The van der Waals surface area contributed by atoms with Crippen LogP contribution in [0.5, 0.6) is 11.5 Å². The highest BCUT2D eigenvalue weighted by Gasteiger charge is 2.33. The summed E-state index contributed by atoms with van der Waals surface area (Å²) in [5, 5.41) is 0.473. The molecule has 0 saturated carbocycles. The summed E-state index contributed by atoms with van der Waals surface area (Å²) in [4.78, 5) is 0. The van der Waals surface area contributed by atoms with Crippen LogP contribution in [-0.4, -0.2) is 0 Å². The van der Waals surface area contributed by atoms with Crippen LogP contribution in [0.1, 0.15) is 16.7 Å². The number of hydrogen-bond acceptors (Lipinski definition) is 1. The minimum absolute atomic E-state index is 0.0952. The Bertz CT molecular complexity index is 656. The van der Waals surface area contributed by atoms with Crippen molar-refractivity contribution in [2.24, 2.45) is 0 Å².